The lowest BCUT2D eigenvalue weighted by atomic mass is 9.79. The average molecular weight is 188 g/mol. The Morgan fingerprint density at radius 1 is 1.15 bits per heavy atom. The summed E-state index contributed by atoms with van der Waals surface area (Å²) in [4.78, 5) is 10.8. The molecule has 0 fully saturated rings. The lowest BCUT2D eigenvalue weighted by molar-refractivity contribution is -0.151. The molecule has 0 saturated carbocycles. The zero-order chi connectivity index (χ0) is 10.7. The molecule has 1 atom stereocenters. The van der Waals surface area contributed by atoms with E-state index >= 15 is 0 Å². The zero-order valence-electron chi connectivity index (χ0n) is 8.92. The molecule has 0 aromatic carbocycles. The number of carbonyl (C=O) groups is 1. The van der Waals surface area contributed by atoms with Crippen LogP contribution < -0.4 is 0 Å². The Bertz CT molecular complexity index is 181. The Hall–Kier alpha value is -0.570. The van der Waals surface area contributed by atoms with Crippen molar-refractivity contribution in [2.24, 2.45) is 10.8 Å². The molecule has 0 rings (SSSR count). The first-order valence-corrected chi connectivity index (χ1v) is 4.55. The van der Waals surface area contributed by atoms with Crippen molar-refractivity contribution < 1.29 is 15.0 Å². The van der Waals surface area contributed by atoms with Crippen molar-refractivity contribution in [2.45, 2.75) is 40.5 Å². The topological polar surface area (TPSA) is 57.5 Å². The van der Waals surface area contributed by atoms with E-state index in [-0.39, 0.29) is 12.0 Å². The van der Waals surface area contributed by atoms with Crippen LogP contribution in [0.25, 0.3) is 0 Å². The lowest BCUT2D eigenvalue weighted by Gasteiger charge is -2.26. The Kier molecular flexibility index (Phi) is 3.91. The summed E-state index contributed by atoms with van der Waals surface area (Å²) in [6, 6.07) is 0. The summed E-state index contributed by atoms with van der Waals surface area (Å²) >= 11 is 0. The van der Waals surface area contributed by atoms with E-state index in [0.29, 0.717) is 6.42 Å². The van der Waals surface area contributed by atoms with Crippen LogP contribution in [-0.4, -0.2) is 22.8 Å². The number of hydrogen-bond acceptors (Lipinski definition) is 2. The zero-order valence-corrected chi connectivity index (χ0v) is 8.92. The molecule has 0 radical (unpaired) electrons. The average Bonchev–Trinajstić information content (AvgIpc) is 1.98. The van der Waals surface area contributed by atoms with E-state index in [2.05, 4.69) is 20.8 Å². The molecule has 0 saturated heterocycles. The SMILES string of the molecule is CC(C)(C)CC[C@@](C)(CO)C(=O)O. The monoisotopic (exact) mass is 188 g/mol. The lowest BCUT2D eigenvalue weighted by Crippen LogP contribution is -2.32. The van der Waals surface area contributed by atoms with E-state index in [1.807, 2.05) is 0 Å². The van der Waals surface area contributed by atoms with E-state index in [1.54, 1.807) is 6.92 Å². The molecular weight excluding hydrogens is 168 g/mol. The molecule has 0 spiro atoms. The van der Waals surface area contributed by atoms with Crippen LogP contribution in [0, 0.1) is 10.8 Å². The Morgan fingerprint density at radius 2 is 1.62 bits per heavy atom. The van der Waals surface area contributed by atoms with Gasteiger partial charge in [0.05, 0.1) is 12.0 Å². The van der Waals surface area contributed by atoms with Crippen molar-refractivity contribution in [3.8, 4) is 0 Å². The smallest absolute Gasteiger partial charge is 0.311 e. The quantitative estimate of drug-likeness (QED) is 0.708. The van der Waals surface area contributed by atoms with Crippen LogP contribution in [0.3, 0.4) is 0 Å². The third-order valence-electron chi connectivity index (χ3n) is 2.29. The van der Waals surface area contributed by atoms with Crippen molar-refractivity contribution in [1.82, 2.24) is 0 Å². The van der Waals surface area contributed by atoms with Crippen LogP contribution in [0.1, 0.15) is 40.5 Å². The standard InChI is InChI=1S/C10H20O3/c1-9(2,3)5-6-10(4,7-11)8(12)13/h11H,5-7H2,1-4H3,(H,12,13)/t10-/m0/s1. The number of aliphatic carboxylic acids is 1. The Morgan fingerprint density at radius 3 is 1.85 bits per heavy atom. The third kappa shape index (κ3) is 4.27. The summed E-state index contributed by atoms with van der Waals surface area (Å²) in [5.74, 6) is -0.917. The Balaban J connectivity index is 4.22. The molecule has 78 valence electrons. The van der Waals surface area contributed by atoms with Gasteiger partial charge in [-0.15, -0.1) is 0 Å². The van der Waals surface area contributed by atoms with Crippen LogP contribution >= 0.6 is 0 Å². The minimum atomic E-state index is -0.979. The highest BCUT2D eigenvalue weighted by molar-refractivity contribution is 5.74. The van der Waals surface area contributed by atoms with Gasteiger partial charge in [-0.1, -0.05) is 20.8 Å². The van der Waals surface area contributed by atoms with E-state index < -0.39 is 11.4 Å². The maximum absolute atomic E-state index is 10.8. The van der Waals surface area contributed by atoms with Crippen LogP contribution in [0.2, 0.25) is 0 Å². The first-order valence-electron chi connectivity index (χ1n) is 4.55. The van der Waals surface area contributed by atoms with Gasteiger partial charge in [0.15, 0.2) is 0 Å². The molecule has 0 aromatic rings. The molecule has 3 nitrogen and oxygen atoms in total. The van der Waals surface area contributed by atoms with Gasteiger partial charge in [-0.2, -0.15) is 0 Å². The number of carboxylic acid groups (broad SMARTS) is 1. The van der Waals surface area contributed by atoms with Gasteiger partial charge >= 0.3 is 5.97 Å². The molecular formula is C10H20O3. The molecule has 0 unspecified atom stereocenters. The minimum absolute atomic E-state index is 0.117. The van der Waals surface area contributed by atoms with Gasteiger partial charge in [0.1, 0.15) is 0 Å². The summed E-state index contributed by atoms with van der Waals surface area (Å²) in [6.45, 7) is 7.48. The summed E-state index contributed by atoms with van der Waals surface area (Å²) in [6.07, 6.45) is 1.32. The van der Waals surface area contributed by atoms with Crippen molar-refractivity contribution in [1.29, 1.82) is 0 Å². The fraction of sp³-hybridized carbons (Fsp3) is 0.900. The highest BCUT2D eigenvalue weighted by Crippen LogP contribution is 2.30. The van der Waals surface area contributed by atoms with Gasteiger partial charge in [0.25, 0.3) is 0 Å². The first-order chi connectivity index (χ1) is 5.71. The molecule has 2 N–H and O–H groups in total. The second-order valence-electron chi connectivity index (χ2n) is 5.08. The van der Waals surface area contributed by atoms with Crippen LogP contribution in [0.4, 0.5) is 0 Å². The van der Waals surface area contributed by atoms with Crippen LogP contribution in [0.5, 0.6) is 0 Å². The number of carboxylic acids is 1. The molecule has 0 heterocycles. The molecule has 3 heteroatoms. The summed E-state index contributed by atoms with van der Waals surface area (Å²) in [7, 11) is 0. The van der Waals surface area contributed by atoms with E-state index in [4.69, 9.17) is 10.2 Å². The van der Waals surface area contributed by atoms with Crippen LogP contribution in [0.15, 0.2) is 0 Å². The second kappa shape index (κ2) is 4.09. The largest absolute Gasteiger partial charge is 0.481 e. The van der Waals surface area contributed by atoms with Gasteiger partial charge in [-0.05, 0) is 25.2 Å². The van der Waals surface area contributed by atoms with Gasteiger partial charge in [0, 0.05) is 0 Å². The Labute approximate surface area is 79.8 Å². The number of aliphatic hydroxyl groups excluding tert-OH is 1. The van der Waals surface area contributed by atoms with E-state index in [0.717, 1.165) is 6.42 Å². The van der Waals surface area contributed by atoms with Gasteiger partial charge < -0.3 is 10.2 Å². The van der Waals surface area contributed by atoms with Gasteiger partial charge in [-0.3, -0.25) is 4.79 Å². The molecule has 13 heavy (non-hydrogen) atoms. The molecule has 0 aliphatic carbocycles. The normalized spacial score (nSPS) is 16.7. The molecule has 0 bridgehead atoms. The van der Waals surface area contributed by atoms with E-state index in [1.165, 1.54) is 0 Å². The third-order valence-corrected chi connectivity index (χ3v) is 2.29. The van der Waals surface area contributed by atoms with Crippen molar-refractivity contribution in [3.05, 3.63) is 0 Å². The summed E-state index contributed by atoms with van der Waals surface area (Å²) in [5, 5.41) is 17.8. The second-order valence-corrected chi connectivity index (χ2v) is 5.08. The van der Waals surface area contributed by atoms with Crippen molar-refractivity contribution in [3.63, 3.8) is 0 Å². The number of hydrogen-bond donors (Lipinski definition) is 2. The number of rotatable bonds is 4. The maximum Gasteiger partial charge on any atom is 0.311 e. The summed E-state index contributed by atoms with van der Waals surface area (Å²) in [5.41, 5.74) is -0.862. The maximum atomic E-state index is 10.8. The fourth-order valence-electron chi connectivity index (χ4n) is 0.905. The van der Waals surface area contributed by atoms with E-state index in [9.17, 15) is 4.79 Å². The molecule has 0 aliphatic heterocycles. The first kappa shape index (κ1) is 12.4. The highest BCUT2D eigenvalue weighted by Gasteiger charge is 2.33. The predicted molar refractivity (Wildman–Crippen MR) is 51.5 cm³/mol. The highest BCUT2D eigenvalue weighted by atomic mass is 16.4. The molecule has 0 aliphatic rings. The van der Waals surface area contributed by atoms with Crippen molar-refractivity contribution in [2.75, 3.05) is 6.61 Å². The summed E-state index contributed by atoms with van der Waals surface area (Å²) < 4.78 is 0. The fourth-order valence-corrected chi connectivity index (χ4v) is 0.905. The molecule has 0 aromatic heterocycles. The predicted octanol–water partition coefficient (Wildman–Crippen LogP) is 1.90. The van der Waals surface area contributed by atoms with Gasteiger partial charge in [0.2, 0.25) is 0 Å². The van der Waals surface area contributed by atoms with Gasteiger partial charge in [-0.25, -0.2) is 0 Å². The van der Waals surface area contributed by atoms with Crippen molar-refractivity contribution >= 4 is 5.97 Å². The van der Waals surface area contributed by atoms with Crippen LogP contribution in [-0.2, 0) is 4.79 Å². The minimum Gasteiger partial charge on any atom is -0.481 e. The number of aliphatic hydroxyl groups is 1. The molecule has 0 amide bonds.